The molecule has 2 amide bonds. The van der Waals surface area contributed by atoms with Crippen molar-refractivity contribution in [1.82, 2.24) is 4.90 Å². The Hall–Kier alpha value is -2.82. The van der Waals surface area contributed by atoms with Crippen LogP contribution in [0.15, 0.2) is 66.7 Å². The van der Waals surface area contributed by atoms with Crippen LogP contribution in [-0.2, 0) is 0 Å². The van der Waals surface area contributed by atoms with Gasteiger partial charge in [0, 0.05) is 30.4 Å². The summed E-state index contributed by atoms with van der Waals surface area (Å²) in [6, 6.07) is 19.8. The van der Waals surface area contributed by atoms with Crippen molar-refractivity contribution in [3.63, 3.8) is 0 Å². The summed E-state index contributed by atoms with van der Waals surface area (Å²) in [5, 5.41) is 3.58. The Bertz CT molecular complexity index is 1080. The van der Waals surface area contributed by atoms with E-state index in [1.165, 1.54) is 6.07 Å². The number of nitrogens with zero attached hydrogens (tertiary/aromatic N) is 1. The molecule has 0 aliphatic heterocycles. The number of carbonyl (C=O) groups is 2. The van der Waals surface area contributed by atoms with Crippen molar-refractivity contribution in [1.29, 1.82) is 0 Å². The maximum Gasteiger partial charge on any atom is 0.255 e. The van der Waals surface area contributed by atoms with E-state index in [0.717, 1.165) is 17.7 Å². The molecule has 0 spiro atoms. The van der Waals surface area contributed by atoms with Crippen LogP contribution in [0.2, 0.25) is 10.0 Å². The second-order valence-electron chi connectivity index (χ2n) is 7.82. The van der Waals surface area contributed by atoms with Crippen molar-refractivity contribution in [2.45, 2.75) is 13.8 Å². The Morgan fingerprint density at radius 2 is 1.39 bits per heavy atom. The lowest BCUT2D eigenvalue weighted by atomic mass is 10.0. The van der Waals surface area contributed by atoms with Crippen LogP contribution < -0.4 is 5.32 Å². The lowest BCUT2D eigenvalue weighted by molar-refractivity contribution is 0.0779. The predicted octanol–water partition coefficient (Wildman–Crippen LogP) is 6.64. The van der Waals surface area contributed by atoms with Crippen molar-refractivity contribution in [3.05, 3.63) is 87.9 Å². The number of benzene rings is 3. The van der Waals surface area contributed by atoms with Crippen molar-refractivity contribution in [2.24, 2.45) is 5.92 Å². The first kappa shape index (κ1) is 22.9. The molecule has 3 rings (SSSR count). The molecule has 0 aromatic heterocycles. The minimum atomic E-state index is -0.264. The topological polar surface area (TPSA) is 49.4 Å². The summed E-state index contributed by atoms with van der Waals surface area (Å²) in [7, 11) is 1.82. The Labute approximate surface area is 192 Å². The maximum atomic E-state index is 12.5. The fourth-order valence-corrected chi connectivity index (χ4v) is 3.54. The van der Waals surface area contributed by atoms with Gasteiger partial charge in [0.2, 0.25) is 0 Å². The molecule has 0 atom stereocenters. The fourth-order valence-electron chi connectivity index (χ4n) is 3.24. The molecule has 0 saturated carbocycles. The van der Waals surface area contributed by atoms with Gasteiger partial charge in [0.1, 0.15) is 0 Å². The molecule has 0 fully saturated rings. The zero-order chi connectivity index (χ0) is 22.5. The highest BCUT2D eigenvalue weighted by Crippen LogP contribution is 2.25. The van der Waals surface area contributed by atoms with Crippen molar-refractivity contribution in [2.75, 3.05) is 18.9 Å². The number of anilines is 1. The number of nitrogens with one attached hydrogen (secondary N) is 1. The van der Waals surface area contributed by atoms with Gasteiger partial charge in [-0.3, -0.25) is 9.59 Å². The molecule has 4 nitrogen and oxygen atoms in total. The van der Waals surface area contributed by atoms with Crippen LogP contribution in [-0.4, -0.2) is 30.3 Å². The van der Waals surface area contributed by atoms with Gasteiger partial charge in [-0.05, 0) is 59.5 Å². The minimum Gasteiger partial charge on any atom is -0.341 e. The Kier molecular flexibility index (Phi) is 7.37. The summed E-state index contributed by atoms with van der Waals surface area (Å²) in [4.78, 5) is 26.7. The molecule has 0 aliphatic carbocycles. The van der Waals surface area contributed by atoms with E-state index in [0.29, 0.717) is 32.8 Å². The monoisotopic (exact) mass is 454 g/mol. The molecular weight excluding hydrogens is 431 g/mol. The molecule has 0 aliphatic rings. The van der Waals surface area contributed by atoms with Gasteiger partial charge in [-0.15, -0.1) is 0 Å². The number of amides is 2. The fraction of sp³-hybridized carbons (Fsp3) is 0.200. The van der Waals surface area contributed by atoms with E-state index in [1.807, 2.05) is 55.6 Å². The van der Waals surface area contributed by atoms with Gasteiger partial charge in [0.25, 0.3) is 11.8 Å². The highest BCUT2D eigenvalue weighted by molar-refractivity contribution is 6.42. The molecule has 0 saturated heterocycles. The van der Waals surface area contributed by atoms with E-state index < -0.39 is 0 Å². The first-order valence-corrected chi connectivity index (χ1v) is 10.7. The molecule has 3 aromatic rings. The summed E-state index contributed by atoms with van der Waals surface area (Å²) < 4.78 is 0. The summed E-state index contributed by atoms with van der Waals surface area (Å²) in [5.41, 5.74) is 3.74. The van der Waals surface area contributed by atoms with Crippen LogP contribution in [0.3, 0.4) is 0 Å². The van der Waals surface area contributed by atoms with E-state index >= 15 is 0 Å². The first-order valence-electron chi connectivity index (χ1n) is 9.97. The number of halogens is 2. The van der Waals surface area contributed by atoms with Crippen LogP contribution in [0.5, 0.6) is 0 Å². The number of rotatable bonds is 6. The van der Waals surface area contributed by atoms with E-state index in [4.69, 9.17) is 23.2 Å². The van der Waals surface area contributed by atoms with Gasteiger partial charge in [-0.25, -0.2) is 0 Å². The van der Waals surface area contributed by atoms with Crippen LogP contribution in [0.4, 0.5) is 5.69 Å². The second-order valence-corrected chi connectivity index (χ2v) is 8.63. The van der Waals surface area contributed by atoms with E-state index in [-0.39, 0.29) is 11.8 Å². The zero-order valence-corrected chi connectivity index (χ0v) is 19.2. The molecule has 31 heavy (non-hydrogen) atoms. The molecule has 0 bridgehead atoms. The predicted molar refractivity (Wildman–Crippen MR) is 128 cm³/mol. The normalized spacial score (nSPS) is 10.8. The van der Waals surface area contributed by atoms with Crippen LogP contribution >= 0.6 is 23.2 Å². The van der Waals surface area contributed by atoms with Crippen molar-refractivity contribution >= 4 is 40.7 Å². The molecule has 3 aromatic carbocycles. The van der Waals surface area contributed by atoms with Gasteiger partial charge in [-0.1, -0.05) is 61.3 Å². The smallest absolute Gasteiger partial charge is 0.255 e. The highest BCUT2D eigenvalue weighted by atomic mass is 35.5. The van der Waals surface area contributed by atoms with Crippen molar-refractivity contribution < 1.29 is 9.59 Å². The molecule has 160 valence electrons. The lowest BCUT2D eigenvalue weighted by Gasteiger charge is -2.19. The summed E-state index contributed by atoms with van der Waals surface area (Å²) in [6.45, 7) is 4.89. The number of carbonyl (C=O) groups excluding carboxylic acids is 2. The summed E-state index contributed by atoms with van der Waals surface area (Å²) in [6.07, 6.45) is 0. The quantitative estimate of drug-likeness (QED) is 0.453. The molecule has 6 heteroatoms. The first-order chi connectivity index (χ1) is 14.7. The SMILES string of the molecule is CC(C)CN(C)C(=O)c1ccc(-c2ccc(NC(=O)c3ccc(Cl)c(Cl)c3)cc2)cc1. The maximum absolute atomic E-state index is 12.5. The van der Waals surface area contributed by atoms with Gasteiger partial charge in [-0.2, -0.15) is 0 Å². The Balaban J connectivity index is 1.67. The second kappa shape index (κ2) is 9.99. The minimum absolute atomic E-state index is 0.0145. The largest absolute Gasteiger partial charge is 0.341 e. The Morgan fingerprint density at radius 3 is 1.94 bits per heavy atom. The summed E-state index contributed by atoms with van der Waals surface area (Å²) in [5.74, 6) is 0.171. The Morgan fingerprint density at radius 1 is 0.839 bits per heavy atom. The van der Waals surface area contributed by atoms with E-state index in [9.17, 15) is 9.59 Å². The third kappa shape index (κ3) is 5.87. The standard InChI is InChI=1S/C25H24Cl2N2O2/c1-16(2)15-29(3)25(31)19-6-4-17(5-7-19)18-8-11-21(12-9-18)28-24(30)20-10-13-22(26)23(27)14-20/h4-14,16H,15H2,1-3H3,(H,28,30). The van der Waals surface area contributed by atoms with Gasteiger partial charge in [0.15, 0.2) is 0 Å². The summed E-state index contributed by atoms with van der Waals surface area (Å²) >= 11 is 11.9. The number of hydrogen-bond donors (Lipinski definition) is 1. The van der Waals surface area contributed by atoms with E-state index in [1.54, 1.807) is 17.0 Å². The van der Waals surface area contributed by atoms with Crippen LogP contribution in [0.1, 0.15) is 34.6 Å². The van der Waals surface area contributed by atoms with Gasteiger partial charge >= 0.3 is 0 Å². The highest BCUT2D eigenvalue weighted by Gasteiger charge is 2.13. The van der Waals surface area contributed by atoms with Crippen LogP contribution in [0, 0.1) is 5.92 Å². The van der Waals surface area contributed by atoms with Gasteiger partial charge in [0.05, 0.1) is 10.0 Å². The van der Waals surface area contributed by atoms with Gasteiger partial charge < -0.3 is 10.2 Å². The molecule has 1 N–H and O–H groups in total. The third-order valence-electron chi connectivity index (χ3n) is 4.78. The molecule has 0 radical (unpaired) electrons. The molecular formula is C25H24Cl2N2O2. The molecule has 0 unspecified atom stereocenters. The van der Waals surface area contributed by atoms with Crippen LogP contribution in [0.25, 0.3) is 11.1 Å². The number of hydrogen-bond acceptors (Lipinski definition) is 2. The average molecular weight is 455 g/mol. The third-order valence-corrected chi connectivity index (χ3v) is 5.51. The van der Waals surface area contributed by atoms with Crippen molar-refractivity contribution in [3.8, 4) is 11.1 Å². The van der Waals surface area contributed by atoms with E-state index in [2.05, 4.69) is 19.2 Å². The lowest BCUT2D eigenvalue weighted by Crippen LogP contribution is -2.30. The molecule has 0 heterocycles. The average Bonchev–Trinajstić information content (AvgIpc) is 2.75. The zero-order valence-electron chi connectivity index (χ0n) is 17.7.